The molecule has 0 radical (unpaired) electrons. The van der Waals surface area contributed by atoms with Crippen LogP contribution >= 0.6 is 0 Å². The Balaban J connectivity index is 2.39. The van der Waals surface area contributed by atoms with Gasteiger partial charge in [-0.1, -0.05) is 24.3 Å². The van der Waals surface area contributed by atoms with E-state index in [0.29, 0.717) is 30.0 Å². The molecule has 0 aliphatic carbocycles. The molecule has 0 fully saturated rings. The molecule has 6 heteroatoms. The molecule has 2 aromatic rings. The second-order valence-corrected chi connectivity index (χ2v) is 7.45. The van der Waals surface area contributed by atoms with Crippen LogP contribution < -0.4 is 9.47 Å². The van der Waals surface area contributed by atoms with Crippen LogP contribution in [0.4, 0.5) is 0 Å². The maximum Gasteiger partial charge on any atom is 0.243 e. The standard InChI is InChI=1S/C17H19NO4S/c1-18-9-8-12-6-4-5-7-13(12)14-10-15(21-2)16(22-3)11-17(14)23(18,19)20/h4-7,10-11H,8-9H2,1-3H3. The van der Waals surface area contributed by atoms with Gasteiger partial charge in [0.1, 0.15) is 0 Å². The number of fused-ring (bicyclic) bond motifs is 3. The number of ether oxygens (including phenoxy) is 2. The van der Waals surface area contributed by atoms with Crippen LogP contribution in [0, 0.1) is 0 Å². The fourth-order valence-electron chi connectivity index (χ4n) is 2.85. The van der Waals surface area contributed by atoms with Gasteiger partial charge in [-0.3, -0.25) is 0 Å². The molecule has 0 amide bonds. The fourth-order valence-corrected chi connectivity index (χ4v) is 4.22. The zero-order valence-electron chi connectivity index (χ0n) is 13.4. The Morgan fingerprint density at radius 1 is 1.00 bits per heavy atom. The summed E-state index contributed by atoms with van der Waals surface area (Å²) in [4.78, 5) is 0.241. The van der Waals surface area contributed by atoms with Gasteiger partial charge >= 0.3 is 0 Å². The lowest BCUT2D eigenvalue weighted by atomic mass is 9.97. The molecule has 0 unspecified atom stereocenters. The Morgan fingerprint density at radius 2 is 1.65 bits per heavy atom. The summed E-state index contributed by atoms with van der Waals surface area (Å²) in [6, 6.07) is 11.1. The van der Waals surface area contributed by atoms with Crippen LogP contribution in [-0.4, -0.2) is 40.5 Å². The van der Waals surface area contributed by atoms with Crippen LogP contribution in [0.2, 0.25) is 0 Å². The van der Waals surface area contributed by atoms with Gasteiger partial charge in [0.15, 0.2) is 11.5 Å². The molecule has 0 N–H and O–H groups in total. The number of hydrogen-bond donors (Lipinski definition) is 0. The van der Waals surface area contributed by atoms with Crippen molar-refractivity contribution in [2.75, 3.05) is 27.8 Å². The van der Waals surface area contributed by atoms with Gasteiger partial charge in [-0.25, -0.2) is 12.7 Å². The molecule has 0 bridgehead atoms. The Hall–Kier alpha value is -2.05. The van der Waals surface area contributed by atoms with Gasteiger partial charge in [0, 0.05) is 25.2 Å². The van der Waals surface area contributed by atoms with Crippen LogP contribution in [0.3, 0.4) is 0 Å². The summed E-state index contributed by atoms with van der Waals surface area (Å²) >= 11 is 0. The van der Waals surface area contributed by atoms with Crippen molar-refractivity contribution in [1.29, 1.82) is 0 Å². The highest BCUT2D eigenvalue weighted by atomic mass is 32.2. The Labute approximate surface area is 136 Å². The van der Waals surface area contributed by atoms with E-state index in [1.165, 1.54) is 11.4 Å². The number of methoxy groups -OCH3 is 2. The molecule has 1 aliphatic rings. The lowest BCUT2D eigenvalue weighted by Crippen LogP contribution is -2.30. The highest BCUT2D eigenvalue weighted by Gasteiger charge is 2.29. The molecular formula is C17H19NO4S. The van der Waals surface area contributed by atoms with E-state index in [1.807, 2.05) is 24.3 Å². The van der Waals surface area contributed by atoms with E-state index >= 15 is 0 Å². The molecule has 23 heavy (non-hydrogen) atoms. The van der Waals surface area contributed by atoms with Crippen molar-refractivity contribution in [3.63, 3.8) is 0 Å². The number of likely N-dealkylation sites (N-methyl/N-ethyl adjacent to an activating group) is 1. The molecule has 1 aliphatic heterocycles. The number of nitrogens with zero attached hydrogens (tertiary/aromatic N) is 1. The molecule has 0 saturated heterocycles. The lowest BCUT2D eigenvalue weighted by Gasteiger charge is -2.25. The van der Waals surface area contributed by atoms with Crippen LogP contribution in [0.15, 0.2) is 41.3 Å². The van der Waals surface area contributed by atoms with Crippen molar-refractivity contribution in [2.24, 2.45) is 0 Å². The maximum absolute atomic E-state index is 12.9. The number of sulfonamides is 1. The van der Waals surface area contributed by atoms with Crippen molar-refractivity contribution in [2.45, 2.75) is 11.3 Å². The summed E-state index contributed by atoms with van der Waals surface area (Å²) in [5.41, 5.74) is 2.67. The summed E-state index contributed by atoms with van der Waals surface area (Å²) in [7, 11) is 1.06. The lowest BCUT2D eigenvalue weighted by molar-refractivity contribution is 0.354. The van der Waals surface area contributed by atoms with Crippen LogP contribution in [0.25, 0.3) is 11.1 Å². The number of rotatable bonds is 2. The number of hydrogen-bond acceptors (Lipinski definition) is 4. The first-order valence-corrected chi connectivity index (χ1v) is 8.73. The molecule has 0 saturated carbocycles. The largest absolute Gasteiger partial charge is 0.493 e. The predicted octanol–water partition coefficient (Wildman–Crippen LogP) is 2.55. The van der Waals surface area contributed by atoms with Gasteiger partial charge in [-0.05, 0) is 23.6 Å². The molecule has 122 valence electrons. The summed E-state index contributed by atoms with van der Waals surface area (Å²) in [6.07, 6.45) is 0.666. The quantitative estimate of drug-likeness (QED) is 0.847. The van der Waals surface area contributed by atoms with Gasteiger partial charge in [0.05, 0.1) is 19.1 Å². The third-order valence-electron chi connectivity index (χ3n) is 4.18. The first kappa shape index (κ1) is 15.8. The second kappa shape index (κ2) is 5.86. The Bertz CT molecular complexity index is 846. The summed E-state index contributed by atoms with van der Waals surface area (Å²) in [5.74, 6) is 0.917. The van der Waals surface area contributed by atoms with Crippen LogP contribution in [0.1, 0.15) is 5.56 Å². The SMILES string of the molecule is COc1cc2c(cc1OC)S(=O)(=O)N(C)CCc1ccccc1-2. The highest BCUT2D eigenvalue weighted by molar-refractivity contribution is 7.89. The van der Waals surface area contributed by atoms with E-state index in [0.717, 1.165) is 11.1 Å². The topological polar surface area (TPSA) is 55.8 Å². The second-order valence-electron chi connectivity index (χ2n) is 5.44. The summed E-state index contributed by atoms with van der Waals surface area (Å²) in [5, 5.41) is 0. The molecule has 0 atom stereocenters. The van der Waals surface area contributed by atoms with Crippen molar-refractivity contribution < 1.29 is 17.9 Å². The first-order valence-electron chi connectivity index (χ1n) is 7.29. The number of benzene rings is 2. The van der Waals surface area contributed by atoms with Gasteiger partial charge in [-0.15, -0.1) is 0 Å². The fraction of sp³-hybridized carbons (Fsp3) is 0.294. The maximum atomic E-state index is 12.9. The van der Waals surface area contributed by atoms with Crippen LogP contribution in [0.5, 0.6) is 11.5 Å². The monoisotopic (exact) mass is 333 g/mol. The normalized spacial score (nSPS) is 16.7. The highest BCUT2D eigenvalue weighted by Crippen LogP contribution is 2.41. The van der Waals surface area contributed by atoms with Gasteiger partial charge < -0.3 is 9.47 Å². The first-order chi connectivity index (χ1) is 11.0. The summed E-state index contributed by atoms with van der Waals surface area (Å²) < 4.78 is 37.8. The smallest absolute Gasteiger partial charge is 0.243 e. The molecule has 0 aromatic heterocycles. The summed E-state index contributed by atoms with van der Waals surface area (Å²) in [6.45, 7) is 0.438. The van der Waals surface area contributed by atoms with Crippen molar-refractivity contribution >= 4 is 10.0 Å². The average molecular weight is 333 g/mol. The van der Waals surface area contributed by atoms with Crippen molar-refractivity contribution in [1.82, 2.24) is 4.31 Å². The zero-order chi connectivity index (χ0) is 16.6. The molecule has 3 rings (SSSR count). The van der Waals surface area contributed by atoms with E-state index < -0.39 is 10.0 Å². The van der Waals surface area contributed by atoms with Crippen molar-refractivity contribution in [3.8, 4) is 22.6 Å². The minimum atomic E-state index is -3.58. The molecule has 2 aromatic carbocycles. The molecular weight excluding hydrogens is 314 g/mol. The zero-order valence-corrected chi connectivity index (χ0v) is 14.2. The third-order valence-corrected chi connectivity index (χ3v) is 6.07. The average Bonchev–Trinajstić information content (AvgIpc) is 2.57. The van der Waals surface area contributed by atoms with E-state index in [2.05, 4.69) is 0 Å². The Morgan fingerprint density at radius 3 is 2.35 bits per heavy atom. The molecule has 0 spiro atoms. The molecule has 5 nitrogen and oxygen atoms in total. The molecule has 1 heterocycles. The van der Waals surface area contributed by atoms with Gasteiger partial charge in [0.25, 0.3) is 0 Å². The predicted molar refractivity (Wildman–Crippen MR) is 88.5 cm³/mol. The van der Waals surface area contributed by atoms with Crippen molar-refractivity contribution in [3.05, 3.63) is 42.0 Å². The van der Waals surface area contributed by atoms with E-state index in [-0.39, 0.29) is 4.90 Å². The Kier molecular flexibility index (Phi) is 4.04. The van der Waals surface area contributed by atoms with E-state index in [4.69, 9.17) is 9.47 Å². The van der Waals surface area contributed by atoms with Gasteiger partial charge in [0.2, 0.25) is 10.0 Å². The van der Waals surface area contributed by atoms with E-state index in [9.17, 15) is 8.42 Å². The van der Waals surface area contributed by atoms with E-state index in [1.54, 1.807) is 26.3 Å². The third kappa shape index (κ3) is 2.58. The minimum absolute atomic E-state index is 0.241. The van der Waals surface area contributed by atoms with Gasteiger partial charge in [-0.2, -0.15) is 0 Å². The van der Waals surface area contributed by atoms with Crippen LogP contribution in [-0.2, 0) is 16.4 Å². The minimum Gasteiger partial charge on any atom is -0.493 e.